The first kappa shape index (κ1) is 117. The molecule has 6 aliphatic carbocycles. The molecule has 1 heterocycles. The molecule has 1 saturated heterocycles. The van der Waals surface area contributed by atoms with Crippen molar-refractivity contribution in [1.29, 1.82) is 0 Å². The second kappa shape index (κ2) is 64.1. The molecule has 7 aliphatic rings. The van der Waals surface area contributed by atoms with E-state index in [0.717, 1.165) is 64.7 Å². The van der Waals surface area contributed by atoms with Gasteiger partial charge in [0, 0.05) is 0 Å². The van der Waals surface area contributed by atoms with Gasteiger partial charge in [0.1, 0.15) is 52.6 Å². The van der Waals surface area contributed by atoms with Crippen LogP contribution in [0.4, 0.5) is 0 Å². The zero-order chi connectivity index (χ0) is 76.2. The fourth-order valence-electron chi connectivity index (χ4n) is 16.9. The Kier molecular flexibility index (Phi) is 69.8. The van der Waals surface area contributed by atoms with E-state index >= 15 is 0 Å². The first-order valence-electron chi connectivity index (χ1n) is 40.5. The van der Waals surface area contributed by atoms with Crippen LogP contribution >= 0.6 is 47.8 Å². The number of carbonyl (C=O) groups excluding carboxylic acids is 6. The number of nitrogens with zero attached hydrogens (tertiary/aromatic N) is 3. The summed E-state index contributed by atoms with van der Waals surface area (Å²) < 4.78 is 33.8. The quantitative estimate of drug-likeness (QED) is 0.0399. The van der Waals surface area contributed by atoms with E-state index in [4.69, 9.17) is 28.4 Å². The summed E-state index contributed by atoms with van der Waals surface area (Å²) in [7, 11) is 3.79. The minimum Gasteiger partial charge on any atom is -0.870 e. The largest absolute Gasteiger partial charge is 1.00 e. The van der Waals surface area contributed by atoms with Gasteiger partial charge in [0.25, 0.3) is 0 Å². The second-order valence-electron chi connectivity index (χ2n) is 34.6. The van der Waals surface area contributed by atoms with Crippen LogP contribution in [-0.4, -0.2) is 179 Å². The van der Waals surface area contributed by atoms with Gasteiger partial charge in [0.05, 0.1) is 19.6 Å². The summed E-state index contributed by atoms with van der Waals surface area (Å²) in [5.41, 5.74) is 0. The van der Waals surface area contributed by atoms with Crippen LogP contribution in [0, 0.1) is 107 Å². The van der Waals surface area contributed by atoms with Crippen LogP contribution in [0.2, 0.25) is 0 Å². The smallest absolute Gasteiger partial charge is 0.870 e. The summed E-state index contributed by atoms with van der Waals surface area (Å²) in [5.74, 6) is 10.5. The van der Waals surface area contributed by atoms with Crippen LogP contribution in [0.3, 0.4) is 0 Å². The molecule has 24 heteroatoms. The molecule has 0 radical (unpaired) electrons. The third-order valence-electron chi connectivity index (χ3n) is 23.3. The number of likely N-dealkylation sites (tertiary alicyclic amines) is 1. The van der Waals surface area contributed by atoms with Gasteiger partial charge in [-0.1, -0.05) is 231 Å². The molecule has 6 saturated carbocycles. The van der Waals surface area contributed by atoms with E-state index in [1.807, 2.05) is 19.0 Å². The maximum Gasteiger partial charge on any atom is 1.00 e. The van der Waals surface area contributed by atoms with Crippen LogP contribution in [0.15, 0.2) is 0 Å². The van der Waals surface area contributed by atoms with Gasteiger partial charge in [0.15, 0.2) is 0 Å². The number of alkyl halides is 3. The fourth-order valence-corrected chi connectivity index (χ4v) is 17.3. The van der Waals surface area contributed by atoms with Crippen LogP contribution in [0.5, 0.6) is 0 Å². The van der Waals surface area contributed by atoms with Crippen molar-refractivity contribution >= 4 is 83.6 Å². The summed E-state index contributed by atoms with van der Waals surface area (Å²) in [6, 6.07) is 0. The Labute approximate surface area is 745 Å². The van der Waals surface area contributed by atoms with Crippen molar-refractivity contribution in [3.05, 3.63) is 0 Å². The molecule has 0 aromatic carbocycles. The average Bonchev–Trinajstić information content (AvgIpc) is 0.881. The van der Waals surface area contributed by atoms with Crippen LogP contribution < -0.4 is 88.7 Å². The van der Waals surface area contributed by atoms with E-state index in [1.54, 1.807) is 0 Å². The predicted octanol–water partition coefficient (Wildman–Crippen LogP) is 10.00. The van der Waals surface area contributed by atoms with Crippen LogP contribution in [0.1, 0.15) is 273 Å². The van der Waals surface area contributed by atoms with E-state index in [0.29, 0.717) is 142 Å². The maximum atomic E-state index is 12.2. The number of esters is 6. The third-order valence-corrected chi connectivity index (χ3v) is 24.7. The summed E-state index contributed by atoms with van der Waals surface area (Å²) in [4.78, 5) is 76.1. The van der Waals surface area contributed by atoms with Crippen molar-refractivity contribution in [1.82, 2.24) is 14.7 Å². The number of hydrogen-bond donors (Lipinski definition) is 0. The number of ether oxygens (including phenoxy) is 6. The summed E-state index contributed by atoms with van der Waals surface area (Å²) in [6.07, 6.45) is 25.6. The zero-order valence-corrected chi connectivity index (χ0v) is 83.3. The van der Waals surface area contributed by atoms with Crippen molar-refractivity contribution in [3.63, 3.8) is 0 Å². The van der Waals surface area contributed by atoms with Crippen molar-refractivity contribution < 1.29 is 162 Å². The Balaban J connectivity index is -0.000000386. The van der Waals surface area contributed by atoms with Gasteiger partial charge < -0.3 is 44.8 Å². The fraction of sp³-hybridized carbons (Fsp3) is 0.928. The number of hydrogen-bond acceptors (Lipinski definition) is 18. The third kappa shape index (κ3) is 47.9. The summed E-state index contributed by atoms with van der Waals surface area (Å²) in [5, 5.41) is 0.925. The van der Waals surface area contributed by atoms with Gasteiger partial charge >= 0.3 is 124 Å². The van der Waals surface area contributed by atoms with Gasteiger partial charge in [-0.25, -0.2) is 0 Å². The Morgan fingerprint density at radius 2 is 0.542 bits per heavy atom. The molecule has 7 rings (SSSR count). The molecule has 0 unspecified atom stereocenters. The number of piperidine rings is 1. The molecule has 0 aromatic rings. The predicted molar refractivity (Wildman–Crippen MR) is 431 cm³/mol. The molecule has 0 amide bonds. The molecule has 107 heavy (non-hydrogen) atoms. The Morgan fingerprint density at radius 3 is 0.738 bits per heavy atom. The average molecular weight is 1740 g/mol. The molecular formula is C83H155Br3N3Na3O15. The Hall–Kier alpha value is 1.02. The van der Waals surface area contributed by atoms with E-state index in [-0.39, 0.29) is 178 Å². The molecule has 0 aromatic heterocycles. The van der Waals surface area contributed by atoms with Crippen molar-refractivity contribution in [2.24, 2.45) is 107 Å². The zero-order valence-electron chi connectivity index (χ0n) is 72.5. The van der Waals surface area contributed by atoms with Gasteiger partial charge in [-0.3, -0.25) is 43.5 Å². The Morgan fingerprint density at radius 1 is 0.336 bits per heavy atom. The van der Waals surface area contributed by atoms with E-state index < -0.39 is 0 Å². The molecule has 616 valence electrons. The van der Waals surface area contributed by atoms with Crippen molar-refractivity contribution in [2.75, 3.05) is 75.9 Å². The first-order chi connectivity index (χ1) is 47.6. The molecule has 0 bridgehead atoms. The number of halogens is 3. The van der Waals surface area contributed by atoms with E-state index in [2.05, 4.69) is 196 Å². The topological polar surface area (TPSA) is 258 Å². The minimum absolute atomic E-state index is 0. The van der Waals surface area contributed by atoms with Gasteiger partial charge in [-0.15, -0.1) is 0 Å². The second-order valence-corrected chi connectivity index (χ2v) is 36.2. The number of carbonyl (C=O) groups is 6. The van der Waals surface area contributed by atoms with Gasteiger partial charge in [-0.2, -0.15) is 0 Å². The molecule has 1 aliphatic heterocycles. The standard InChI is InChI=1S/C17H31NO2.C16H31NO2.C14H27NO2.3C12H21BrO2.3Na.3H2O/c1-13(2)15-8-7-14(3)11-16(15)20-17(19)12-18-9-5-4-6-10-18;1-6-17(7-2)11-16(18)19-15-10-13(5)8-9-14(15)12(3)4;1-10(2)12-7-6-11(3)8-13(12)17-14(16)9-15(4)5;3*1-8(2)10-5-4-9(3)6-11(10)15-12(14)7-13;;;;;;/h13-16H,4-12H2,1-3H3;12-15H,6-11H2,1-5H3;10-13H,6-9H2,1-5H3;3*8-11H,4-7H2,1-3H3;;;;3*1H2/q;;;;;;3*+1;;;/p-3/t14-,15+,16-;13-,14+,15-;11-,12+,13-;3*9-,10+,11-;;;;;;/m111111....../s1. The van der Waals surface area contributed by atoms with Gasteiger partial charge in [0.2, 0.25) is 0 Å². The van der Waals surface area contributed by atoms with E-state index in [1.165, 1.54) is 96.3 Å². The SMILES string of the molecule is CC(C)[C@@H]1CC[C@@H](C)C[C@H]1OC(=O)CBr.CC(C)[C@@H]1CC[C@@H](C)C[C@H]1OC(=O)CBr.CC(C)[C@@H]1CC[C@@H](C)C[C@H]1OC(=O)CBr.CC(C)[C@@H]1CC[C@@H](C)C[C@H]1OC(=O)CN(C)C.CC(C)[C@@H]1CC[C@@H](C)C[C@H]1OC(=O)CN1CCCCC1.CCN(CC)CC(=O)O[C@@H]1C[C@H](C)CC[C@H]1C(C)C.[Na+].[Na+].[Na+].[OH-].[OH-].[OH-]. The summed E-state index contributed by atoms with van der Waals surface area (Å²) in [6.45, 7) is 49.7. The van der Waals surface area contributed by atoms with Crippen LogP contribution in [0.25, 0.3) is 0 Å². The van der Waals surface area contributed by atoms with Gasteiger partial charge in [-0.05, 0) is 237 Å². The first-order valence-corrected chi connectivity index (χ1v) is 43.9. The monoisotopic (exact) mass is 1740 g/mol. The molecular weight excluding hydrogens is 1590 g/mol. The van der Waals surface area contributed by atoms with Crippen molar-refractivity contribution in [3.8, 4) is 0 Å². The van der Waals surface area contributed by atoms with E-state index in [9.17, 15) is 28.8 Å². The minimum atomic E-state index is -0.125. The molecule has 18 atom stereocenters. The Bertz CT molecular complexity index is 2200. The molecule has 0 spiro atoms. The molecule has 18 nitrogen and oxygen atoms in total. The molecule has 3 N–H and O–H groups in total. The summed E-state index contributed by atoms with van der Waals surface area (Å²) >= 11 is 9.42. The number of rotatable bonds is 23. The molecule has 7 fully saturated rings. The van der Waals surface area contributed by atoms with Crippen LogP contribution in [-0.2, 0) is 57.2 Å². The maximum absolute atomic E-state index is 12.2. The number of likely N-dealkylation sites (N-methyl/N-ethyl adjacent to an activating group) is 2. The van der Waals surface area contributed by atoms with Crippen molar-refractivity contribution in [2.45, 2.75) is 310 Å². The normalized spacial score (nSPS) is 29.0.